The number of hydrogen-bond donors (Lipinski definition) is 2. The Kier molecular flexibility index (Phi) is 6.08. The number of amides is 1. The Balaban J connectivity index is 1.04. The predicted molar refractivity (Wildman–Crippen MR) is 132 cm³/mol. The number of H-pyrrole nitrogens is 1. The summed E-state index contributed by atoms with van der Waals surface area (Å²) < 4.78 is 0. The van der Waals surface area contributed by atoms with Crippen molar-refractivity contribution in [1.29, 1.82) is 0 Å². The number of nitrogens with one attached hydrogen (secondary N) is 2. The molecule has 0 unspecified atom stereocenters. The van der Waals surface area contributed by atoms with E-state index in [-0.39, 0.29) is 5.91 Å². The van der Waals surface area contributed by atoms with Gasteiger partial charge >= 0.3 is 0 Å². The van der Waals surface area contributed by atoms with Gasteiger partial charge in [0.25, 0.3) is 5.91 Å². The lowest BCUT2D eigenvalue weighted by molar-refractivity contribution is 0.0948. The van der Waals surface area contributed by atoms with Gasteiger partial charge in [-0.25, -0.2) is 0 Å². The molecule has 164 valence electrons. The van der Waals surface area contributed by atoms with Gasteiger partial charge in [0.1, 0.15) is 5.69 Å². The minimum atomic E-state index is -0.0232. The number of piperazine rings is 1. The normalized spacial score (nSPS) is 14.8. The molecule has 5 heteroatoms. The van der Waals surface area contributed by atoms with Crippen molar-refractivity contribution in [2.24, 2.45) is 0 Å². The molecule has 0 spiro atoms. The maximum Gasteiger partial charge on any atom is 0.267 e. The monoisotopic (exact) mass is 426 g/mol. The number of anilines is 1. The molecule has 1 aliphatic rings. The molecule has 0 bridgehead atoms. The predicted octanol–water partition coefficient (Wildman–Crippen LogP) is 4.65. The summed E-state index contributed by atoms with van der Waals surface area (Å²) in [6, 6.07) is 25.1. The van der Waals surface area contributed by atoms with E-state index in [2.05, 4.69) is 62.6 Å². The quantitative estimate of drug-likeness (QED) is 0.423. The molecule has 0 saturated carbocycles. The molecular weight excluding hydrogens is 396 g/mol. The van der Waals surface area contributed by atoms with Crippen LogP contribution >= 0.6 is 0 Å². The van der Waals surface area contributed by atoms with E-state index in [9.17, 15) is 4.79 Å². The number of carbonyl (C=O) groups excluding carboxylic acids is 1. The zero-order valence-corrected chi connectivity index (χ0v) is 18.4. The van der Waals surface area contributed by atoms with Crippen molar-refractivity contribution < 1.29 is 4.79 Å². The highest BCUT2D eigenvalue weighted by Gasteiger charge is 2.18. The molecule has 1 aromatic heterocycles. The largest absolute Gasteiger partial charge is 0.368 e. The molecule has 5 nitrogen and oxygen atoms in total. The van der Waals surface area contributed by atoms with Crippen LogP contribution in [0.1, 0.15) is 23.3 Å². The molecular formula is C27H30N4O. The zero-order valence-electron chi connectivity index (χ0n) is 18.4. The first-order valence-corrected chi connectivity index (χ1v) is 11.6. The van der Waals surface area contributed by atoms with Crippen molar-refractivity contribution in [1.82, 2.24) is 15.2 Å². The topological polar surface area (TPSA) is 51.4 Å². The Morgan fingerprint density at radius 3 is 2.44 bits per heavy atom. The van der Waals surface area contributed by atoms with Crippen LogP contribution in [0.2, 0.25) is 0 Å². The standard InChI is InChI=1S/C27H30N4O/c32-27(25-20-22-9-2-4-12-24(22)29-25)28-14-5-6-15-30-16-18-31(19-17-30)26-13-7-10-21-8-1-3-11-23(21)26/h1-4,7-13,20,29H,5-6,14-19H2,(H,28,32). The number of rotatable bonds is 7. The van der Waals surface area contributed by atoms with Gasteiger partial charge in [-0.15, -0.1) is 0 Å². The number of carbonyl (C=O) groups is 1. The average Bonchev–Trinajstić information content (AvgIpc) is 3.28. The van der Waals surface area contributed by atoms with Crippen LogP contribution in [0.15, 0.2) is 72.8 Å². The van der Waals surface area contributed by atoms with Crippen molar-refractivity contribution in [3.05, 3.63) is 78.5 Å². The summed E-state index contributed by atoms with van der Waals surface area (Å²) in [5.74, 6) is -0.0232. The summed E-state index contributed by atoms with van der Waals surface area (Å²) in [5.41, 5.74) is 2.98. The Hall–Kier alpha value is -3.31. The van der Waals surface area contributed by atoms with Gasteiger partial charge in [0.2, 0.25) is 0 Å². The van der Waals surface area contributed by atoms with Gasteiger partial charge in [-0.1, -0.05) is 54.6 Å². The van der Waals surface area contributed by atoms with E-state index in [0.717, 1.165) is 56.5 Å². The second-order valence-electron chi connectivity index (χ2n) is 8.56. The molecule has 3 aromatic carbocycles. The molecule has 1 fully saturated rings. The van der Waals surface area contributed by atoms with E-state index >= 15 is 0 Å². The average molecular weight is 427 g/mol. The molecule has 2 heterocycles. The first-order chi connectivity index (χ1) is 15.8. The van der Waals surface area contributed by atoms with E-state index in [1.54, 1.807) is 0 Å². The van der Waals surface area contributed by atoms with Crippen LogP contribution in [0.25, 0.3) is 21.7 Å². The molecule has 1 saturated heterocycles. The highest BCUT2D eigenvalue weighted by Crippen LogP contribution is 2.27. The Morgan fingerprint density at radius 2 is 1.59 bits per heavy atom. The lowest BCUT2D eigenvalue weighted by atomic mass is 10.1. The molecule has 32 heavy (non-hydrogen) atoms. The lowest BCUT2D eigenvalue weighted by Gasteiger charge is -2.36. The number of para-hydroxylation sites is 1. The first-order valence-electron chi connectivity index (χ1n) is 11.6. The van der Waals surface area contributed by atoms with Crippen molar-refractivity contribution in [2.75, 3.05) is 44.2 Å². The Morgan fingerprint density at radius 1 is 0.844 bits per heavy atom. The molecule has 5 rings (SSSR count). The summed E-state index contributed by atoms with van der Waals surface area (Å²) in [6.45, 7) is 6.10. The van der Waals surface area contributed by atoms with Gasteiger partial charge in [-0.3, -0.25) is 9.69 Å². The highest BCUT2D eigenvalue weighted by molar-refractivity contribution is 5.98. The number of hydrogen-bond acceptors (Lipinski definition) is 3. The van der Waals surface area contributed by atoms with Gasteiger partial charge in [-0.2, -0.15) is 0 Å². The van der Waals surface area contributed by atoms with Crippen LogP contribution in [0, 0.1) is 0 Å². The molecule has 4 aromatic rings. The van der Waals surface area contributed by atoms with Crippen molar-refractivity contribution in [3.63, 3.8) is 0 Å². The molecule has 1 aliphatic heterocycles. The minimum absolute atomic E-state index is 0.0232. The van der Waals surface area contributed by atoms with Crippen LogP contribution < -0.4 is 10.2 Å². The third-order valence-electron chi connectivity index (χ3n) is 6.44. The van der Waals surface area contributed by atoms with E-state index in [4.69, 9.17) is 0 Å². The fraction of sp³-hybridized carbons (Fsp3) is 0.296. The van der Waals surface area contributed by atoms with Crippen molar-refractivity contribution in [3.8, 4) is 0 Å². The van der Waals surface area contributed by atoms with Crippen LogP contribution in [-0.4, -0.2) is 55.1 Å². The summed E-state index contributed by atoms with van der Waals surface area (Å²) in [4.78, 5) is 20.6. The summed E-state index contributed by atoms with van der Waals surface area (Å²) in [5, 5.41) is 6.77. The van der Waals surface area contributed by atoms with Gasteiger partial charge < -0.3 is 15.2 Å². The van der Waals surface area contributed by atoms with E-state index < -0.39 is 0 Å². The fourth-order valence-electron chi connectivity index (χ4n) is 4.65. The van der Waals surface area contributed by atoms with Gasteiger partial charge in [0.15, 0.2) is 0 Å². The number of unbranched alkanes of at least 4 members (excludes halogenated alkanes) is 1. The van der Waals surface area contributed by atoms with E-state index in [1.807, 2.05) is 30.3 Å². The van der Waals surface area contributed by atoms with Crippen LogP contribution in [-0.2, 0) is 0 Å². The fourth-order valence-corrected chi connectivity index (χ4v) is 4.65. The second-order valence-corrected chi connectivity index (χ2v) is 8.56. The molecule has 0 aliphatic carbocycles. The number of aromatic amines is 1. The van der Waals surface area contributed by atoms with Crippen LogP contribution in [0.3, 0.4) is 0 Å². The summed E-state index contributed by atoms with van der Waals surface area (Å²) in [6.07, 6.45) is 2.09. The molecule has 1 amide bonds. The smallest absolute Gasteiger partial charge is 0.267 e. The SMILES string of the molecule is O=C(NCCCCN1CCN(c2cccc3ccccc23)CC1)c1cc2ccccc2[nH]1. The number of nitrogens with zero attached hydrogens (tertiary/aromatic N) is 2. The van der Waals surface area contributed by atoms with Gasteiger partial charge in [0, 0.05) is 54.7 Å². The third kappa shape index (κ3) is 4.48. The Labute approximate surface area is 189 Å². The number of aromatic nitrogens is 1. The van der Waals surface area contributed by atoms with Crippen molar-refractivity contribution in [2.45, 2.75) is 12.8 Å². The highest BCUT2D eigenvalue weighted by atomic mass is 16.1. The van der Waals surface area contributed by atoms with Crippen molar-refractivity contribution >= 4 is 33.3 Å². The Bertz CT molecular complexity index is 1170. The maximum absolute atomic E-state index is 12.4. The first kappa shape index (κ1) is 20.6. The lowest BCUT2D eigenvalue weighted by Crippen LogP contribution is -2.46. The van der Waals surface area contributed by atoms with Crippen LogP contribution in [0.5, 0.6) is 0 Å². The van der Waals surface area contributed by atoms with Gasteiger partial charge in [-0.05, 0) is 43.0 Å². The number of benzene rings is 3. The zero-order chi connectivity index (χ0) is 21.8. The number of fused-ring (bicyclic) bond motifs is 2. The molecule has 2 N–H and O–H groups in total. The third-order valence-corrected chi connectivity index (χ3v) is 6.44. The van der Waals surface area contributed by atoms with Gasteiger partial charge in [0.05, 0.1) is 0 Å². The van der Waals surface area contributed by atoms with E-state index in [0.29, 0.717) is 12.2 Å². The maximum atomic E-state index is 12.4. The minimum Gasteiger partial charge on any atom is -0.368 e. The summed E-state index contributed by atoms with van der Waals surface area (Å²) in [7, 11) is 0. The van der Waals surface area contributed by atoms with Crippen LogP contribution in [0.4, 0.5) is 5.69 Å². The summed E-state index contributed by atoms with van der Waals surface area (Å²) >= 11 is 0. The van der Waals surface area contributed by atoms with E-state index in [1.165, 1.54) is 16.5 Å². The molecule has 0 radical (unpaired) electrons. The second kappa shape index (κ2) is 9.45. The molecule has 0 atom stereocenters.